The third kappa shape index (κ3) is 4.73. The van der Waals surface area contributed by atoms with Crippen molar-refractivity contribution >= 4 is 11.8 Å². The van der Waals surface area contributed by atoms with Crippen LogP contribution in [0.4, 0.5) is 13.2 Å². The number of nitrogens with zero attached hydrogens (tertiary/aromatic N) is 1. The maximum absolute atomic E-state index is 12.8. The first-order valence-corrected chi connectivity index (χ1v) is 6.31. The summed E-state index contributed by atoms with van der Waals surface area (Å²) in [7, 11) is 0. The molecule has 0 bridgehead atoms. The fraction of sp³-hybridized carbons (Fsp3) is 0.0667. The third-order valence-electron chi connectivity index (χ3n) is 2.66. The first kappa shape index (κ1) is 16.3. The molecule has 0 amide bonds. The molecule has 0 heterocycles. The zero-order chi connectivity index (χ0) is 16.8. The van der Waals surface area contributed by atoms with Crippen molar-refractivity contribution in [2.75, 3.05) is 0 Å². The molecule has 0 aliphatic rings. The second-order valence-corrected chi connectivity index (χ2v) is 4.27. The Labute approximate surface area is 129 Å². The molecule has 0 spiro atoms. The van der Waals surface area contributed by atoms with Crippen molar-refractivity contribution in [2.45, 2.75) is 6.61 Å². The highest BCUT2D eigenvalue weighted by atomic mass is 19.3. The van der Waals surface area contributed by atoms with Crippen LogP contribution in [0.5, 0.6) is 5.75 Å². The Hall–Kier alpha value is -3.03. The van der Waals surface area contributed by atoms with Gasteiger partial charge in [-0.3, -0.25) is 0 Å². The smallest absolute Gasteiger partial charge is 0.387 e. The van der Waals surface area contributed by atoms with Gasteiger partial charge < -0.3 is 15.3 Å². The number of oxime groups is 1. The normalized spacial score (nSPS) is 11.4. The second-order valence-electron chi connectivity index (χ2n) is 4.27. The van der Waals surface area contributed by atoms with Crippen molar-refractivity contribution in [1.29, 1.82) is 0 Å². The summed E-state index contributed by atoms with van der Waals surface area (Å²) in [4.78, 5) is 16.4. The lowest BCUT2D eigenvalue weighted by atomic mass is 10.2. The van der Waals surface area contributed by atoms with Gasteiger partial charge in [0.2, 0.25) is 0 Å². The fourth-order valence-electron chi connectivity index (χ4n) is 1.62. The van der Waals surface area contributed by atoms with Gasteiger partial charge in [0.15, 0.2) is 5.84 Å². The van der Waals surface area contributed by atoms with Gasteiger partial charge in [0.25, 0.3) is 0 Å². The summed E-state index contributed by atoms with van der Waals surface area (Å²) in [6, 6.07) is 10.1. The number of hydrogen-bond donors (Lipinski definition) is 1. The summed E-state index contributed by atoms with van der Waals surface area (Å²) < 4.78 is 41.2. The lowest BCUT2D eigenvalue weighted by Gasteiger charge is -2.05. The van der Waals surface area contributed by atoms with E-state index in [0.717, 1.165) is 6.07 Å². The van der Waals surface area contributed by atoms with Crippen LogP contribution in [-0.4, -0.2) is 18.4 Å². The summed E-state index contributed by atoms with van der Waals surface area (Å²) in [5.41, 5.74) is 5.91. The van der Waals surface area contributed by atoms with Crippen molar-refractivity contribution in [3.05, 3.63) is 65.5 Å². The predicted octanol–water partition coefficient (Wildman–Crippen LogP) is 2.90. The second kappa shape index (κ2) is 7.30. The van der Waals surface area contributed by atoms with Gasteiger partial charge in [0.05, 0.1) is 5.56 Å². The molecule has 0 atom stereocenters. The van der Waals surface area contributed by atoms with E-state index in [9.17, 15) is 18.0 Å². The van der Waals surface area contributed by atoms with Crippen LogP contribution in [-0.2, 0) is 4.84 Å². The Morgan fingerprint density at radius 2 is 1.78 bits per heavy atom. The van der Waals surface area contributed by atoms with E-state index in [1.165, 1.54) is 42.5 Å². The summed E-state index contributed by atoms with van der Waals surface area (Å²) in [5, 5.41) is 3.42. The van der Waals surface area contributed by atoms with E-state index in [2.05, 4.69) is 14.7 Å². The molecule has 0 fully saturated rings. The average molecular weight is 324 g/mol. The number of halogens is 3. The van der Waals surface area contributed by atoms with E-state index in [4.69, 9.17) is 5.73 Å². The summed E-state index contributed by atoms with van der Waals surface area (Å²) >= 11 is 0. The first-order chi connectivity index (χ1) is 11.0. The summed E-state index contributed by atoms with van der Waals surface area (Å²) in [5.74, 6) is -1.69. The van der Waals surface area contributed by atoms with Crippen molar-refractivity contribution in [1.82, 2.24) is 0 Å². The Balaban J connectivity index is 2.06. The standard InChI is InChI=1S/C15H11F3N2O3/c16-11-6-4-9(5-7-11)13(19)20-23-14(21)10-2-1-3-12(8-10)22-15(17)18/h1-8,15H,(H2,19,20). The Kier molecular flexibility index (Phi) is 5.19. The van der Waals surface area contributed by atoms with Crippen molar-refractivity contribution in [2.24, 2.45) is 10.9 Å². The Bertz CT molecular complexity index is 718. The minimum Gasteiger partial charge on any atom is -0.435 e. The highest BCUT2D eigenvalue weighted by molar-refractivity contribution is 5.98. The molecule has 2 aromatic carbocycles. The van der Waals surface area contributed by atoms with Gasteiger partial charge in [-0.05, 0) is 42.5 Å². The molecule has 0 unspecified atom stereocenters. The molecular formula is C15H11F3N2O3. The number of amidine groups is 1. The molecule has 0 saturated heterocycles. The molecule has 23 heavy (non-hydrogen) atoms. The minimum absolute atomic E-state index is 0.0428. The zero-order valence-corrected chi connectivity index (χ0v) is 11.6. The molecule has 0 saturated carbocycles. The first-order valence-electron chi connectivity index (χ1n) is 6.31. The summed E-state index contributed by atoms with van der Waals surface area (Å²) in [6.07, 6.45) is 0. The van der Waals surface area contributed by atoms with E-state index in [1.54, 1.807) is 0 Å². The van der Waals surface area contributed by atoms with Gasteiger partial charge in [0.1, 0.15) is 11.6 Å². The fourth-order valence-corrected chi connectivity index (χ4v) is 1.62. The number of carbonyl (C=O) groups is 1. The number of hydrogen-bond acceptors (Lipinski definition) is 4. The van der Waals surface area contributed by atoms with Gasteiger partial charge in [0, 0.05) is 5.56 Å². The van der Waals surface area contributed by atoms with E-state index in [0.29, 0.717) is 5.56 Å². The third-order valence-corrected chi connectivity index (χ3v) is 2.66. The van der Waals surface area contributed by atoms with Gasteiger partial charge in [-0.25, -0.2) is 9.18 Å². The molecule has 2 N–H and O–H groups in total. The van der Waals surface area contributed by atoms with Crippen LogP contribution in [0, 0.1) is 5.82 Å². The molecule has 5 nitrogen and oxygen atoms in total. The monoisotopic (exact) mass is 324 g/mol. The molecule has 0 aliphatic carbocycles. The molecule has 0 radical (unpaired) electrons. The number of nitrogens with two attached hydrogens (primary N) is 1. The average Bonchev–Trinajstić information content (AvgIpc) is 2.52. The molecule has 2 rings (SSSR count). The maximum Gasteiger partial charge on any atom is 0.387 e. The van der Waals surface area contributed by atoms with E-state index in [-0.39, 0.29) is 17.1 Å². The van der Waals surface area contributed by atoms with Crippen LogP contribution in [0.1, 0.15) is 15.9 Å². The molecule has 2 aromatic rings. The zero-order valence-electron chi connectivity index (χ0n) is 11.6. The van der Waals surface area contributed by atoms with Gasteiger partial charge >= 0.3 is 12.6 Å². The maximum atomic E-state index is 12.8. The van der Waals surface area contributed by atoms with Crippen molar-refractivity contribution < 1.29 is 27.5 Å². The van der Waals surface area contributed by atoms with Gasteiger partial charge in [-0.15, -0.1) is 0 Å². The molecule has 120 valence electrons. The van der Waals surface area contributed by atoms with Gasteiger partial charge in [-0.2, -0.15) is 8.78 Å². The van der Waals surface area contributed by atoms with E-state index < -0.39 is 18.4 Å². The highest BCUT2D eigenvalue weighted by Gasteiger charge is 2.11. The van der Waals surface area contributed by atoms with Gasteiger partial charge in [-0.1, -0.05) is 11.2 Å². The van der Waals surface area contributed by atoms with Crippen LogP contribution in [0.25, 0.3) is 0 Å². The Morgan fingerprint density at radius 3 is 2.43 bits per heavy atom. The van der Waals surface area contributed by atoms with Crippen LogP contribution < -0.4 is 10.5 Å². The lowest BCUT2D eigenvalue weighted by molar-refractivity contribution is -0.0499. The van der Waals surface area contributed by atoms with E-state index >= 15 is 0 Å². The SMILES string of the molecule is N/C(=N\OC(=O)c1cccc(OC(F)F)c1)c1ccc(F)cc1. The predicted molar refractivity (Wildman–Crippen MR) is 75.6 cm³/mol. The number of alkyl halides is 2. The molecule has 8 heteroatoms. The largest absolute Gasteiger partial charge is 0.435 e. The van der Waals surface area contributed by atoms with Crippen LogP contribution in [0.2, 0.25) is 0 Å². The van der Waals surface area contributed by atoms with Crippen molar-refractivity contribution in [3.63, 3.8) is 0 Å². The topological polar surface area (TPSA) is 73.9 Å². The van der Waals surface area contributed by atoms with Crippen LogP contribution >= 0.6 is 0 Å². The minimum atomic E-state index is -3.01. The number of benzene rings is 2. The molecular weight excluding hydrogens is 313 g/mol. The molecule has 0 aliphatic heterocycles. The highest BCUT2D eigenvalue weighted by Crippen LogP contribution is 2.16. The lowest BCUT2D eigenvalue weighted by Crippen LogP contribution is -2.15. The van der Waals surface area contributed by atoms with E-state index in [1.807, 2.05) is 0 Å². The number of carbonyl (C=O) groups excluding carboxylic acids is 1. The quantitative estimate of drug-likeness (QED) is 0.397. The Morgan fingerprint density at radius 1 is 1.09 bits per heavy atom. The molecule has 0 aromatic heterocycles. The number of rotatable bonds is 5. The summed E-state index contributed by atoms with van der Waals surface area (Å²) in [6.45, 7) is -3.01. The number of ether oxygens (including phenoxy) is 1. The van der Waals surface area contributed by atoms with Crippen molar-refractivity contribution in [3.8, 4) is 5.75 Å². The van der Waals surface area contributed by atoms with Crippen LogP contribution in [0.15, 0.2) is 53.7 Å². The van der Waals surface area contributed by atoms with Crippen LogP contribution in [0.3, 0.4) is 0 Å².